The molecular weight excluding hydrogens is 344 g/mol. The van der Waals surface area contributed by atoms with Crippen molar-refractivity contribution < 1.29 is 19.1 Å². The maximum atomic E-state index is 12.8. The van der Waals surface area contributed by atoms with Crippen molar-refractivity contribution in [3.8, 4) is 11.5 Å². The summed E-state index contributed by atoms with van der Waals surface area (Å²) in [5.41, 5.74) is 2.03. The number of nitrogens with one attached hydrogen (secondary N) is 2. The molecule has 0 radical (unpaired) electrons. The molecule has 1 heterocycles. The highest BCUT2D eigenvalue weighted by Gasteiger charge is 2.25. The van der Waals surface area contributed by atoms with Crippen molar-refractivity contribution in [3.05, 3.63) is 53.6 Å². The topological polar surface area (TPSA) is 76.7 Å². The number of carbonyl (C=O) groups is 2. The predicted octanol–water partition coefficient (Wildman–Crippen LogP) is 3.16. The largest absolute Gasteiger partial charge is 0.486 e. The Bertz CT molecular complexity index is 848. The number of ether oxygens (including phenoxy) is 2. The molecule has 27 heavy (non-hydrogen) atoms. The SMILES string of the molecule is Cc1ccccc1C(=O)N[C@@H](C(=O)Nc1ccc2c(c1)OCCO2)C(C)C. The Morgan fingerprint density at radius 2 is 1.70 bits per heavy atom. The Hall–Kier alpha value is -3.02. The molecule has 142 valence electrons. The van der Waals surface area contributed by atoms with Crippen LogP contribution in [0.3, 0.4) is 0 Å². The van der Waals surface area contributed by atoms with Crippen molar-refractivity contribution in [2.45, 2.75) is 26.8 Å². The first kappa shape index (κ1) is 18.8. The second kappa shape index (κ2) is 8.12. The molecule has 2 amide bonds. The molecule has 6 nitrogen and oxygen atoms in total. The van der Waals surface area contributed by atoms with Crippen LogP contribution < -0.4 is 20.1 Å². The molecule has 0 fully saturated rings. The van der Waals surface area contributed by atoms with Gasteiger partial charge in [0.05, 0.1) is 0 Å². The van der Waals surface area contributed by atoms with E-state index in [0.717, 1.165) is 5.56 Å². The Morgan fingerprint density at radius 1 is 1.00 bits per heavy atom. The molecule has 1 aliphatic heterocycles. The molecule has 0 unspecified atom stereocenters. The quantitative estimate of drug-likeness (QED) is 0.850. The number of hydrogen-bond acceptors (Lipinski definition) is 4. The zero-order valence-corrected chi connectivity index (χ0v) is 15.7. The second-order valence-corrected chi connectivity index (χ2v) is 6.86. The summed E-state index contributed by atoms with van der Waals surface area (Å²) in [5, 5.41) is 5.70. The highest BCUT2D eigenvalue weighted by atomic mass is 16.6. The van der Waals surface area contributed by atoms with Crippen LogP contribution in [0, 0.1) is 12.8 Å². The third-order valence-corrected chi connectivity index (χ3v) is 4.44. The normalized spacial score (nSPS) is 13.8. The molecule has 0 aromatic heterocycles. The maximum absolute atomic E-state index is 12.8. The summed E-state index contributed by atoms with van der Waals surface area (Å²) in [7, 11) is 0. The summed E-state index contributed by atoms with van der Waals surface area (Å²) in [6.07, 6.45) is 0. The number of rotatable bonds is 5. The van der Waals surface area contributed by atoms with Gasteiger partial charge < -0.3 is 20.1 Å². The number of anilines is 1. The van der Waals surface area contributed by atoms with Crippen molar-refractivity contribution in [1.29, 1.82) is 0 Å². The fourth-order valence-electron chi connectivity index (χ4n) is 2.92. The van der Waals surface area contributed by atoms with Crippen molar-refractivity contribution in [2.24, 2.45) is 5.92 Å². The van der Waals surface area contributed by atoms with E-state index in [0.29, 0.717) is 36.0 Å². The molecule has 0 bridgehead atoms. The standard InChI is InChI=1S/C21H24N2O4/c1-13(2)19(23-20(24)16-7-5-4-6-14(16)3)21(25)22-15-8-9-17-18(12-15)27-11-10-26-17/h4-9,12-13,19H,10-11H2,1-3H3,(H,22,25)(H,23,24)/t19-/m1/s1. The lowest BCUT2D eigenvalue weighted by atomic mass is 10.0. The van der Waals surface area contributed by atoms with Crippen LogP contribution in [-0.2, 0) is 4.79 Å². The first-order valence-electron chi connectivity index (χ1n) is 9.02. The number of benzene rings is 2. The minimum Gasteiger partial charge on any atom is -0.486 e. The van der Waals surface area contributed by atoms with E-state index in [4.69, 9.17) is 9.47 Å². The van der Waals surface area contributed by atoms with Gasteiger partial charge in [0, 0.05) is 17.3 Å². The Labute approximate surface area is 158 Å². The van der Waals surface area contributed by atoms with Crippen LogP contribution in [0.5, 0.6) is 11.5 Å². The van der Waals surface area contributed by atoms with Crippen LogP contribution in [0.2, 0.25) is 0 Å². The van der Waals surface area contributed by atoms with Crippen LogP contribution in [0.1, 0.15) is 29.8 Å². The predicted molar refractivity (Wildman–Crippen MR) is 103 cm³/mol. The van der Waals surface area contributed by atoms with Gasteiger partial charge in [-0.15, -0.1) is 0 Å². The summed E-state index contributed by atoms with van der Waals surface area (Å²) >= 11 is 0. The Balaban J connectivity index is 1.72. The maximum Gasteiger partial charge on any atom is 0.252 e. The monoisotopic (exact) mass is 368 g/mol. The van der Waals surface area contributed by atoms with Crippen LogP contribution >= 0.6 is 0 Å². The molecular formula is C21H24N2O4. The van der Waals surface area contributed by atoms with Gasteiger partial charge >= 0.3 is 0 Å². The van der Waals surface area contributed by atoms with Gasteiger partial charge in [0.1, 0.15) is 19.3 Å². The lowest BCUT2D eigenvalue weighted by Crippen LogP contribution is -2.47. The lowest BCUT2D eigenvalue weighted by Gasteiger charge is -2.23. The van der Waals surface area contributed by atoms with Crippen LogP contribution in [-0.4, -0.2) is 31.1 Å². The van der Waals surface area contributed by atoms with Crippen molar-refractivity contribution in [2.75, 3.05) is 18.5 Å². The number of amides is 2. The van der Waals surface area contributed by atoms with Gasteiger partial charge in [-0.2, -0.15) is 0 Å². The molecule has 2 aromatic carbocycles. The summed E-state index contributed by atoms with van der Waals surface area (Å²) in [4.78, 5) is 25.4. The van der Waals surface area contributed by atoms with Crippen LogP contribution in [0.4, 0.5) is 5.69 Å². The van der Waals surface area contributed by atoms with Gasteiger partial charge in [0.25, 0.3) is 5.91 Å². The van der Waals surface area contributed by atoms with Crippen molar-refractivity contribution in [3.63, 3.8) is 0 Å². The van der Waals surface area contributed by atoms with E-state index in [1.807, 2.05) is 39.0 Å². The molecule has 1 atom stereocenters. The molecule has 3 rings (SSSR count). The minimum absolute atomic E-state index is 0.0739. The third-order valence-electron chi connectivity index (χ3n) is 4.44. The molecule has 2 N–H and O–H groups in total. The number of carbonyl (C=O) groups excluding carboxylic acids is 2. The Morgan fingerprint density at radius 3 is 2.41 bits per heavy atom. The molecule has 0 spiro atoms. The van der Waals surface area contributed by atoms with E-state index >= 15 is 0 Å². The number of fused-ring (bicyclic) bond motifs is 1. The Kier molecular flexibility index (Phi) is 5.64. The van der Waals surface area contributed by atoms with Gasteiger partial charge in [0.15, 0.2) is 11.5 Å². The van der Waals surface area contributed by atoms with E-state index < -0.39 is 6.04 Å². The average Bonchev–Trinajstić information content (AvgIpc) is 2.65. The van der Waals surface area contributed by atoms with E-state index in [1.54, 1.807) is 24.3 Å². The summed E-state index contributed by atoms with van der Waals surface area (Å²) in [6.45, 7) is 6.65. The van der Waals surface area contributed by atoms with E-state index in [1.165, 1.54) is 0 Å². The summed E-state index contributed by atoms with van der Waals surface area (Å²) in [5.74, 6) is 0.652. The first-order valence-corrected chi connectivity index (χ1v) is 9.02. The van der Waals surface area contributed by atoms with Crippen molar-refractivity contribution >= 4 is 17.5 Å². The van der Waals surface area contributed by atoms with E-state index in [-0.39, 0.29) is 17.7 Å². The molecule has 0 aliphatic carbocycles. The van der Waals surface area contributed by atoms with Crippen molar-refractivity contribution in [1.82, 2.24) is 5.32 Å². The molecule has 0 saturated carbocycles. The molecule has 2 aromatic rings. The fourth-order valence-corrected chi connectivity index (χ4v) is 2.92. The second-order valence-electron chi connectivity index (χ2n) is 6.86. The van der Waals surface area contributed by atoms with Gasteiger partial charge in [0.2, 0.25) is 5.91 Å². The minimum atomic E-state index is -0.662. The summed E-state index contributed by atoms with van der Waals surface area (Å²) < 4.78 is 11.0. The van der Waals surface area contributed by atoms with Gasteiger partial charge in [-0.3, -0.25) is 9.59 Å². The van der Waals surface area contributed by atoms with Gasteiger partial charge in [-0.05, 0) is 36.6 Å². The first-order chi connectivity index (χ1) is 13.0. The third kappa shape index (κ3) is 4.39. The summed E-state index contributed by atoms with van der Waals surface area (Å²) in [6, 6.07) is 11.9. The molecule has 0 saturated heterocycles. The number of aryl methyl sites for hydroxylation is 1. The highest BCUT2D eigenvalue weighted by Crippen LogP contribution is 2.32. The lowest BCUT2D eigenvalue weighted by molar-refractivity contribution is -0.118. The van der Waals surface area contributed by atoms with E-state index in [2.05, 4.69) is 10.6 Å². The average molecular weight is 368 g/mol. The zero-order valence-electron chi connectivity index (χ0n) is 15.7. The number of hydrogen-bond donors (Lipinski definition) is 2. The fraction of sp³-hybridized carbons (Fsp3) is 0.333. The van der Waals surface area contributed by atoms with Crippen LogP contribution in [0.25, 0.3) is 0 Å². The van der Waals surface area contributed by atoms with Gasteiger partial charge in [-0.25, -0.2) is 0 Å². The zero-order chi connectivity index (χ0) is 19.4. The molecule has 1 aliphatic rings. The molecule has 6 heteroatoms. The highest BCUT2D eigenvalue weighted by molar-refractivity contribution is 6.02. The van der Waals surface area contributed by atoms with Crippen LogP contribution in [0.15, 0.2) is 42.5 Å². The van der Waals surface area contributed by atoms with E-state index in [9.17, 15) is 9.59 Å². The smallest absolute Gasteiger partial charge is 0.252 e. The van der Waals surface area contributed by atoms with Gasteiger partial charge in [-0.1, -0.05) is 32.0 Å².